The van der Waals surface area contributed by atoms with Crippen molar-refractivity contribution in [2.75, 3.05) is 20.8 Å². The van der Waals surface area contributed by atoms with Crippen molar-refractivity contribution >= 4 is 33.5 Å². The number of esters is 1. The maximum atomic E-state index is 12.4. The lowest BCUT2D eigenvalue weighted by atomic mass is 10.2. The van der Waals surface area contributed by atoms with Crippen molar-refractivity contribution in [1.82, 2.24) is 4.47 Å². The highest BCUT2D eigenvalue weighted by molar-refractivity contribution is 7.89. The largest absolute Gasteiger partial charge is 0.484 e. The number of carbonyl (C=O) groups is 2. The van der Waals surface area contributed by atoms with E-state index in [1.54, 1.807) is 24.3 Å². The van der Waals surface area contributed by atoms with Crippen LogP contribution in [0.1, 0.15) is 15.9 Å². The Morgan fingerprint density at radius 1 is 1.17 bits per heavy atom. The van der Waals surface area contributed by atoms with Crippen molar-refractivity contribution in [2.45, 2.75) is 11.5 Å². The lowest BCUT2D eigenvalue weighted by Gasteiger charge is -2.15. The molecule has 0 spiro atoms. The molecule has 0 bridgehead atoms. The van der Waals surface area contributed by atoms with Gasteiger partial charge in [-0.05, 0) is 35.9 Å². The molecular weight excluding hydrogens is 424 g/mol. The summed E-state index contributed by atoms with van der Waals surface area (Å²) >= 11 is 5.97. The Bertz CT molecular complexity index is 1010. The molecule has 0 saturated heterocycles. The number of benzene rings is 2. The summed E-state index contributed by atoms with van der Waals surface area (Å²) in [5.41, 5.74) is 5.62. The van der Waals surface area contributed by atoms with Gasteiger partial charge in [-0.1, -0.05) is 28.2 Å². The van der Waals surface area contributed by atoms with E-state index in [-0.39, 0.29) is 28.7 Å². The van der Waals surface area contributed by atoms with Crippen molar-refractivity contribution in [3.63, 3.8) is 0 Å². The smallest absolute Gasteiger partial charge is 0.338 e. The predicted molar refractivity (Wildman–Crippen MR) is 104 cm³/mol. The number of halogens is 1. The fraction of sp³-hybridized carbons (Fsp3) is 0.222. The van der Waals surface area contributed by atoms with Gasteiger partial charge in [-0.3, -0.25) is 9.63 Å². The first-order chi connectivity index (χ1) is 13.6. The molecule has 0 fully saturated rings. The Hall–Kier alpha value is -2.66. The Morgan fingerprint density at radius 2 is 1.90 bits per heavy atom. The molecule has 156 valence electrons. The number of nitrogens with zero attached hydrogens (tertiary/aromatic N) is 1. The lowest BCUT2D eigenvalue weighted by Crippen LogP contribution is -2.26. The maximum absolute atomic E-state index is 12.4. The molecule has 1 amide bonds. The fourth-order valence-electron chi connectivity index (χ4n) is 2.18. The van der Waals surface area contributed by atoms with Crippen LogP contribution in [0.4, 0.5) is 0 Å². The zero-order valence-electron chi connectivity index (χ0n) is 15.6. The van der Waals surface area contributed by atoms with E-state index >= 15 is 0 Å². The van der Waals surface area contributed by atoms with Crippen LogP contribution in [0.25, 0.3) is 0 Å². The molecule has 0 aromatic heterocycles. The zero-order chi connectivity index (χ0) is 21.6. The van der Waals surface area contributed by atoms with Gasteiger partial charge in [0.2, 0.25) is 0 Å². The van der Waals surface area contributed by atoms with Crippen LogP contribution in [0, 0.1) is 0 Å². The molecule has 0 aliphatic heterocycles. The highest BCUT2D eigenvalue weighted by Gasteiger charge is 2.25. The summed E-state index contributed by atoms with van der Waals surface area (Å²) in [4.78, 5) is 27.5. The van der Waals surface area contributed by atoms with Gasteiger partial charge in [0.25, 0.3) is 15.9 Å². The van der Waals surface area contributed by atoms with Crippen molar-refractivity contribution in [2.24, 2.45) is 5.73 Å². The molecule has 0 radical (unpaired) electrons. The monoisotopic (exact) mass is 442 g/mol. The van der Waals surface area contributed by atoms with Crippen LogP contribution < -0.4 is 10.5 Å². The standard InChI is InChI=1S/C18H19ClN2O7S/c1-21(26-2)29(24,25)16-9-13(6-7-15(16)19)18(23)28-10-12-4-3-5-14(8-12)27-11-17(20)22/h3-9H,10-11H2,1-2H3,(H2,20,22). The zero-order valence-corrected chi connectivity index (χ0v) is 17.2. The molecule has 2 aromatic rings. The molecule has 2 N–H and O–H groups in total. The van der Waals surface area contributed by atoms with Gasteiger partial charge in [0, 0.05) is 7.05 Å². The molecule has 0 unspecified atom stereocenters. The summed E-state index contributed by atoms with van der Waals surface area (Å²) < 4.78 is 35.8. The average molecular weight is 443 g/mol. The van der Waals surface area contributed by atoms with Gasteiger partial charge in [-0.15, -0.1) is 0 Å². The number of hydrogen-bond acceptors (Lipinski definition) is 7. The number of ether oxygens (including phenoxy) is 2. The maximum Gasteiger partial charge on any atom is 0.338 e. The number of rotatable bonds is 9. The van der Waals surface area contributed by atoms with Crippen molar-refractivity contribution < 1.29 is 32.3 Å². The number of hydrogen-bond donors (Lipinski definition) is 1. The van der Waals surface area contributed by atoms with Gasteiger partial charge >= 0.3 is 5.97 Å². The molecule has 29 heavy (non-hydrogen) atoms. The second kappa shape index (κ2) is 9.70. The third kappa shape index (κ3) is 5.91. The number of carbonyl (C=O) groups excluding carboxylic acids is 2. The number of sulfonamides is 1. The fourth-order valence-corrected chi connectivity index (χ4v) is 3.65. The SMILES string of the molecule is CON(C)S(=O)(=O)c1cc(C(=O)OCc2cccc(OCC(N)=O)c2)ccc1Cl. The minimum atomic E-state index is -4.04. The van der Waals surface area contributed by atoms with Crippen molar-refractivity contribution in [3.05, 3.63) is 58.6 Å². The van der Waals surface area contributed by atoms with Gasteiger partial charge in [-0.25, -0.2) is 13.2 Å². The molecule has 0 heterocycles. The third-order valence-electron chi connectivity index (χ3n) is 3.69. The highest BCUT2D eigenvalue weighted by Crippen LogP contribution is 2.26. The first kappa shape index (κ1) is 22.6. The summed E-state index contributed by atoms with van der Waals surface area (Å²) in [6.07, 6.45) is 0. The van der Waals surface area contributed by atoms with Crippen LogP contribution in [0.5, 0.6) is 5.75 Å². The van der Waals surface area contributed by atoms with E-state index in [2.05, 4.69) is 0 Å². The van der Waals surface area contributed by atoms with Gasteiger partial charge in [0.15, 0.2) is 6.61 Å². The molecule has 0 atom stereocenters. The second-order valence-electron chi connectivity index (χ2n) is 5.72. The Balaban J connectivity index is 2.13. The van der Waals surface area contributed by atoms with E-state index in [9.17, 15) is 18.0 Å². The molecule has 9 nitrogen and oxygen atoms in total. The van der Waals surface area contributed by atoms with Crippen LogP contribution in [0.3, 0.4) is 0 Å². The average Bonchev–Trinajstić information content (AvgIpc) is 2.70. The first-order valence-electron chi connectivity index (χ1n) is 8.15. The molecule has 2 aromatic carbocycles. The number of nitrogens with two attached hydrogens (primary N) is 1. The summed E-state index contributed by atoms with van der Waals surface area (Å²) in [7, 11) is -1.66. The van der Waals surface area contributed by atoms with Crippen LogP contribution in [-0.4, -0.2) is 45.5 Å². The lowest BCUT2D eigenvalue weighted by molar-refractivity contribution is -0.119. The molecule has 0 aliphatic rings. The van der Waals surface area contributed by atoms with Crippen LogP contribution >= 0.6 is 11.6 Å². The van der Waals surface area contributed by atoms with E-state index in [0.29, 0.717) is 15.8 Å². The van der Waals surface area contributed by atoms with Gasteiger partial charge in [-0.2, -0.15) is 0 Å². The minimum Gasteiger partial charge on any atom is -0.484 e. The van der Waals surface area contributed by atoms with E-state index in [1.165, 1.54) is 26.3 Å². The number of hydroxylamine groups is 1. The first-order valence-corrected chi connectivity index (χ1v) is 9.96. The Labute approximate surface area is 172 Å². The van der Waals surface area contributed by atoms with Crippen LogP contribution in [0.15, 0.2) is 47.4 Å². The predicted octanol–water partition coefficient (Wildman–Crippen LogP) is 1.74. The summed E-state index contributed by atoms with van der Waals surface area (Å²) in [5.74, 6) is -0.976. The number of primary amides is 1. The van der Waals surface area contributed by atoms with Crippen LogP contribution in [-0.2, 0) is 31.0 Å². The van der Waals surface area contributed by atoms with Crippen LogP contribution in [0.2, 0.25) is 5.02 Å². The topological polar surface area (TPSA) is 125 Å². The molecule has 11 heteroatoms. The Morgan fingerprint density at radius 3 is 2.55 bits per heavy atom. The number of amides is 1. The second-order valence-corrected chi connectivity index (χ2v) is 8.03. The Kier molecular flexibility index (Phi) is 7.57. The van der Waals surface area contributed by atoms with Crippen molar-refractivity contribution in [1.29, 1.82) is 0 Å². The highest BCUT2D eigenvalue weighted by atomic mass is 35.5. The van der Waals surface area contributed by atoms with Gasteiger partial charge in [0.1, 0.15) is 17.3 Å². The molecule has 2 rings (SSSR count). The summed E-state index contributed by atoms with van der Waals surface area (Å²) in [6.45, 7) is -0.378. The third-order valence-corrected chi connectivity index (χ3v) is 5.85. The molecular formula is C18H19ClN2O7S. The van der Waals surface area contributed by atoms with E-state index in [0.717, 1.165) is 6.07 Å². The summed E-state index contributed by atoms with van der Waals surface area (Å²) in [6, 6.07) is 10.3. The molecule has 0 aliphatic carbocycles. The quantitative estimate of drug-likeness (QED) is 0.463. The molecule has 0 saturated carbocycles. The normalized spacial score (nSPS) is 11.3. The van der Waals surface area contributed by atoms with Crippen molar-refractivity contribution in [3.8, 4) is 5.75 Å². The summed E-state index contributed by atoms with van der Waals surface area (Å²) in [5, 5.41) is -0.0650. The van der Waals surface area contributed by atoms with E-state index < -0.39 is 21.9 Å². The van der Waals surface area contributed by atoms with Gasteiger partial charge < -0.3 is 15.2 Å². The minimum absolute atomic E-state index is 0.00129. The van der Waals surface area contributed by atoms with E-state index in [1.807, 2.05) is 0 Å². The van der Waals surface area contributed by atoms with E-state index in [4.69, 9.17) is 31.6 Å². The van der Waals surface area contributed by atoms with Gasteiger partial charge in [0.05, 0.1) is 17.7 Å².